The molecule has 1 aliphatic rings. The molecule has 0 radical (unpaired) electrons. The molecule has 0 atom stereocenters. The second-order valence-corrected chi connectivity index (χ2v) is 7.53. The molecule has 3 aromatic heterocycles. The number of aromatic nitrogens is 5. The van der Waals surface area contributed by atoms with Crippen molar-refractivity contribution in [1.82, 2.24) is 24.1 Å². The van der Waals surface area contributed by atoms with Gasteiger partial charge >= 0.3 is 0 Å². The summed E-state index contributed by atoms with van der Waals surface area (Å²) in [5.41, 5.74) is 3.14. The van der Waals surface area contributed by atoms with Crippen LogP contribution in [0.15, 0.2) is 17.1 Å². The summed E-state index contributed by atoms with van der Waals surface area (Å²) in [6, 6.07) is 1.85. The monoisotopic (exact) mass is 370 g/mol. The van der Waals surface area contributed by atoms with Gasteiger partial charge in [-0.1, -0.05) is 11.9 Å². The van der Waals surface area contributed by atoms with Crippen LogP contribution in [-0.2, 0) is 13.6 Å². The number of rotatable bonds is 5. The quantitative estimate of drug-likeness (QED) is 0.696. The molecule has 0 bridgehead atoms. The molecule has 136 valence electrons. The number of fused-ring (bicyclic) bond motifs is 1. The SMILES string of the molecule is CSNc1nc(-c2cc(C)c(=O)n(C)c2)nc2c1nc(C)n2CC1CC1. The van der Waals surface area contributed by atoms with Gasteiger partial charge in [-0.05, 0) is 38.7 Å². The van der Waals surface area contributed by atoms with Crippen LogP contribution in [0.5, 0.6) is 0 Å². The molecule has 1 fully saturated rings. The third kappa shape index (κ3) is 2.98. The Balaban J connectivity index is 1.93. The van der Waals surface area contributed by atoms with Crippen molar-refractivity contribution in [2.75, 3.05) is 11.0 Å². The van der Waals surface area contributed by atoms with Crippen molar-refractivity contribution in [3.8, 4) is 11.4 Å². The van der Waals surface area contributed by atoms with E-state index in [1.165, 1.54) is 24.8 Å². The average molecular weight is 370 g/mol. The zero-order valence-corrected chi connectivity index (χ0v) is 16.2. The van der Waals surface area contributed by atoms with Crippen LogP contribution in [0.2, 0.25) is 0 Å². The topological polar surface area (TPSA) is 77.6 Å². The fraction of sp³-hybridized carbons (Fsp3) is 0.444. The molecule has 0 saturated heterocycles. The first-order chi connectivity index (χ1) is 12.5. The summed E-state index contributed by atoms with van der Waals surface area (Å²) in [4.78, 5) is 26.2. The maximum atomic E-state index is 12.0. The lowest BCUT2D eigenvalue weighted by molar-refractivity contribution is 0.621. The highest BCUT2D eigenvalue weighted by atomic mass is 32.2. The van der Waals surface area contributed by atoms with E-state index in [0.29, 0.717) is 17.2 Å². The van der Waals surface area contributed by atoms with Gasteiger partial charge in [0.2, 0.25) is 0 Å². The maximum absolute atomic E-state index is 12.0. The predicted octanol–water partition coefficient (Wildman–Crippen LogP) is 2.91. The number of hydrogen-bond donors (Lipinski definition) is 1. The molecule has 0 amide bonds. The Morgan fingerprint density at radius 1 is 1.27 bits per heavy atom. The Bertz CT molecular complexity index is 1020. The fourth-order valence-corrected chi connectivity index (χ4v) is 3.52. The number of nitrogens with one attached hydrogen (secondary N) is 1. The minimum absolute atomic E-state index is 0.00749. The molecule has 3 aromatic rings. The lowest BCUT2D eigenvalue weighted by Crippen LogP contribution is -2.18. The second kappa shape index (κ2) is 6.42. The van der Waals surface area contributed by atoms with Gasteiger partial charge in [0, 0.05) is 37.2 Å². The van der Waals surface area contributed by atoms with Crippen molar-refractivity contribution < 1.29 is 0 Å². The van der Waals surface area contributed by atoms with E-state index in [1.54, 1.807) is 17.8 Å². The third-order valence-electron chi connectivity index (χ3n) is 4.74. The van der Waals surface area contributed by atoms with Gasteiger partial charge in [0.25, 0.3) is 5.56 Å². The lowest BCUT2D eigenvalue weighted by atomic mass is 10.2. The molecule has 1 N–H and O–H groups in total. The van der Waals surface area contributed by atoms with E-state index < -0.39 is 0 Å². The van der Waals surface area contributed by atoms with Crippen LogP contribution in [0.1, 0.15) is 24.2 Å². The standard InChI is InChI=1S/C18H22N6OS/c1-10-7-13(9-23(3)18(10)25)15-20-16(22-26-4)14-17(21-15)24(11(2)19-14)8-12-5-6-12/h7,9,12H,5-6,8H2,1-4H3,(H,20,21,22). The molecule has 0 spiro atoms. The van der Waals surface area contributed by atoms with Gasteiger partial charge < -0.3 is 13.9 Å². The van der Waals surface area contributed by atoms with Crippen LogP contribution in [0.3, 0.4) is 0 Å². The number of hydrogen-bond acceptors (Lipinski definition) is 6. The molecule has 0 aromatic carbocycles. The molecular weight excluding hydrogens is 348 g/mol. The Hall–Kier alpha value is -2.35. The van der Waals surface area contributed by atoms with E-state index in [2.05, 4.69) is 14.3 Å². The number of anilines is 1. The van der Waals surface area contributed by atoms with Crippen LogP contribution in [-0.4, -0.2) is 30.3 Å². The largest absolute Gasteiger partial charge is 0.318 e. The highest BCUT2D eigenvalue weighted by Crippen LogP contribution is 2.33. The summed E-state index contributed by atoms with van der Waals surface area (Å²) in [7, 11) is 1.75. The van der Waals surface area contributed by atoms with Gasteiger partial charge in [0.15, 0.2) is 22.8 Å². The van der Waals surface area contributed by atoms with Crippen LogP contribution >= 0.6 is 11.9 Å². The Kier molecular flexibility index (Phi) is 4.22. The van der Waals surface area contributed by atoms with Crippen LogP contribution < -0.4 is 10.3 Å². The Morgan fingerprint density at radius 3 is 2.69 bits per heavy atom. The van der Waals surface area contributed by atoms with Gasteiger partial charge in [-0.25, -0.2) is 15.0 Å². The van der Waals surface area contributed by atoms with E-state index in [9.17, 15) is 4.79 Å². The molecule has 1 aliphatic carbocycles. The van der Waals surface area contributed by atoms with Crippen molar-refractivity contribution in [2.24, 2.45) is 13.0 Å². The number of pyridine rings is 1. The van der Waals surface area contributed by atoms with E-state index in [0.717, 1.165) is 35.0 Å². The number of aryl methyl sites for hydroxylation is 3. The lowest BCUT2D eigenvalue weighted by Gasteiger charge is -2.10. The summed E-state index contributed by atoms with van der Waals surface area (Å²) in [5.74, 6) is 2.99. The second-order valence-electron chi connectivity index (χ2n) is 6.92. The Morgan fingerprint density at radius 2 is 2.04 bits per heavy atom. The first-order valence-electron chi connectivity index (χ1n) is 8.69. The van der Waals surface area contributed by atoms with Crippen molar-refractivity contribution in [3.05, 3.63) is 34.0 Å². The summed E-state index contributed by atoms with van der Waals surface area (Å²) < 4.78 is 7.00. The molecule has 0 unspecified atom stereocenters. The van der Waals surface area contributed by atoms with Gasteiger partial charge in [0.05, 0.1) is 0 Å². The molecule has 26 heavy (non-hydrogen) atoms. The first kappa shape index (κ1) is 17.1. The minimum Gasteiger partial charge on any atom is -0.318 e. The van der Waals surface area contributed by atoms with Crippen molar-refractivity contribution in [2.45, 2.75) is 33.2 Å². The van der Waals surface area contributed by atoms with Gasteiger partial charge in [-0.15, -0.1) is 0 Å². The van der Waals surface area contributed by atoms with Crippen LogP contribution in [0.4, 0.5) is 5.82 Å². The molecule has 4 rings (SSSR count). The zero-order chi connectivity index (χ0) is 18.4. The average Bonchev–Trinajstić information content (AvgIpc) is 3.37. The minimum atomic E-state index is -0.00749. The number of imidazole rings is 1. The molecule has 7 nitrogen and oxygen atoms in total. The first-order valence-corrected chi connectivity index (χ1v) is 9.92. The normalized spacial score (nSPS) is 14.2. The molecule has 0 aliphatic heterocycles. The smallest absolute Gasteiger partial charge is 0.253 e. The highest BCUT2D eigenvalue weighted by molar-refractivity contribution is 7.99. The number of nitrogens with zero attached hydrogens (tertiary/aromatic N) is 5. The van der Waals surface area contributed by atoms with E-state index in [4.69, 9.17) is 9.97 Å². The summed E-state index contributed by atoms with van der Waals surface area (Å²) in [5, 5.41) is 0. The third-order valence-corrected chi connectivity index (χ3v) is 5.14. The van der Waals surface area contributed by atoms with E-state index in [-0.39, 0.29) is 5.56 Å². The maximum Gasteiger partial charge on any atom is 0.253 e. The van der Waals surface area contributed by atoms with Gasteiger partial charge in [0.1, 0.15) is 5.82 Å². The summed E-state index contributed by atoms with van der Waals surface area (Å²) in [6.07, 6.45) is 6.28. The predicted molar refractivity (Wildman–Crippen MR) is 105 cm³/mol. The summed E-state index contributed by atoms with van der Waals surface area (Å²) in [6.45, 7) is 4.78. The van der Waals surface area contributed by atoms with E-state index >= 15 is 0 Å². The van der Waals surface area contributed by atoms with Crippen molar-refractivity contribution in [1.29, 1.82) is 0 Å². The van der Waals surface area contributed by atoms with Crippen molar-refractivity contribution in [3.63, 3.8) is 0 Å². The molecule has 1 saturated carbocycles. The highest BCUT2D eigenvalue weighted by Gasteiger charge is 2.25. The van der Waals surface area contributed by atoms with E-state index in [1.807, 2.05) is 26.2 Å². The molecule has 8 heteroatoms. The zero-order valence-electron chi connectivity index (χ0n) is 15.4. The van der Waals surface area contributed by atoms with Crippen LogP contribution in [0.25, 0.3) is 22.6 Å². The molecule has 3 heterocycles. The van der Waals surface area contributed by atoms with Crippen molar-refractivity contribution >= 4 is 28.9 Å². The summed E-state index contributed by atoms with van der Waals surface area (Å²) >= 11 is 1.48. The van der Waals surface area contributed by atoms with Crippen LogP contribution in [0, 0.1) is 19.8 Å². The van der Waals surface area contributed by atoms with Gasteiger partial charge in [-0.2, -0.15) is 0 Å². The van der Waals surface area contributed by atoms with Gasteiger partial charge in [-0.3, -0.25) is 4.79 Å². The fourth-order valence-electron chi connectivity index (χ4n) is 3.18. The molecular formula is C18H22N6OS. The Labute approximate surface area is 156 Å².